The SMILES string of the molecule is COc1ccc(-c2ccccc2-c2ccccc2)cc1.S. The van der Waals surface area contributed by atoms with Gasteiger partial charge in [-0.1, -0.05) is 66.7 Å². The van der Waals surface area contributed by atoms with E-state index in [-0.39, 0.29) is 13.5 Å². The van der Waals surface area contributed by atoms with Gasteiger partial charge >= 0.3 is 0 Å². The smallest absolute Gasteiger partial charge is 0.118 e. The molecule has 0 N–H and O–H groups in total. The highest BCUT2D eigenvalue weighted by Gasteiger charge is 2.06. The summed E-state index contributed by atoms with van der Waals surface area (Å²) in [5.41, 5.74) is 4.92. The minimum atomic E-state index is 0. The normalized spacial score (nSPS) is 9.76. The number of benzene rings is 3. The Hall–Kier alpha value is -2.19. The highest BCUT2D eigenvalue weighted by Crippen LogP contribution is 2.32. The van der Waals surface area contributed by atoms with Gasteiger partial charge in [-0.3, -0.25) is 0 Å². The Morgan fingerprint density at radius 1 is 0.571 bits per heavy atom. The van der Waals surface area contributed by atoms with Crippen LogP contribution in [0.5, 0.6) is 5.75 Å². The van der Waals surface area contributed by atoms with Crippen LogP contribution in [0.15, 0.2) is 78.9 Å². The van der Waals surface area contributed by atoms with E-state index in [0.29, 0.717) is 0 Å². The average Bonchev–Trinajstić information content (AvgIpc) is 2.56. The first-order valence-electron chi connectivity index (χ1n) is 6.67. The molecule has 0 fully saturated rings. The Kier molecular flexibility index (Phi) is 5.07. The number of methoxy groups -OCH3 is 1. The van der Waals surface area contributed by atoms with Crippen molar-refractivity contribution < 1.29 is 4.74 Å². The fourth-order valence-corrected chi connectivity index (χ4v) is 2.37. The van der Waals surface area contributed by atoms with Gasteiger partial charge in [0.1, 0.15) is 5.75 Å². The zero-order chi connectivity index (χ0) is 13.8. The van der Waals surface area contributed by atoms with Crippen LogP contribution in [0.2, 0.25) is 0 Å². The zero-order valence-electron chi connectivity index (χ0n) is 11.9. The summed E-state index contributed by atoms with van der Waals surface area (Å²) in [6.07, 6.45) is 0. The average molecular weight is 294 g/mol. The van der Waals surface area contributed by atoms with Crippen molar-refractivity contribution in [1.82, 2.24) is 0 Å². The number of ether oxygens (including phenoxy) is 1. The fourth-order valence-electron chi connectivity index (χ4n) is 2.37. The maximum absolute atomic E-state index is 5.22. The molecule has 0 aliphatic rings. The topological polar surface area (TPSA) is 9.23 Å². The second-order valence-corrected chi connectivity index (χ2v) is 4.64. The van der Waals surface area contributed by atoms with Gasteiger partial charge in [0.15, 0.2) is 0 Å². The minimum absolute atomic E-state index is 0. The van der Waals surface area contributed by atoms with E-state index in [9.17, 15) is 0 Å². The van der Waals surface area contributed by atoms with Gasteiger partial charge in [0.25, 0.3) is 0 Å². The summed E-state index contributed by atoms with van der Waals surface area (Å²) in [6, 6.07) is 27.1. The number of rotatable bonds is 3. The first-order chi connectivity index (χ1) is 9.88. The lowest BCUT2D eigenvalue weighted by Gasteiger charge is -2.10. The molecular formula is C19H18OS. The van der Waals surface area contributed by atoms with Crippen molar-refractivity contribution in [2.75, 3.05) is 7.11 Å². The molecule has 21 heavy (non-hydrogen) atoms. The van der Waals surface area contributed by atoms with E-state index in [1.165, 1.54) is 22.3 Å². The third kappa shape index (κ3) is 3.29. The summed E-state index contributed by atoms with van der Waals surface area (Å²) in [6.45, 7) is 0. The second kappa shape index (κ2) is 7.00. The van der Waals surface area contributed by atoms with Crippen molar-refractivity contribution in [1.29, 1.82) is 0 Å². The van der Waals surface area contributed by atoms with E-state index in [4.69, 9.17) is 4.74 Å². The Morgan fingerprint density at radius 2 is 1.05 bits per heavy atom. The number of hydrogen-bond acceptors (Lipinski definition) is 1. The molecule has 106 valence electrons. The molecule has 0 heterocycles. The molecule has 3 aromatic rings. The van der Waals surface area contributed by atoms with Crippen LogP contribution in [0.3, 0.4) is 0 Å². The van der Waals surface area contributed by atoms with Crippen molar-refractivity contribution in [3.8, 4) is 28.0 Å². The summed E-state index contributed by atoms with van der Waals surface area (Å²) < 4.78 is 5.22. The number of hydrogen-bond donors (Lipinski definition) is 0. The monoisotopic (exact) mass is 294 g/mol. The standard InChI is InChI=1S/C19H16O.H2S/c1-20-17-13-11-16(12-14-17)19-10-6-5-9-18(19)15-7-3-2-4-8-15;/h2-14H,1H3;1H2. The first-order valence-corrected chi connectivity index (χ1v) is 6.67. The van der Waals surface area contributed by atoms with Crippen LogP contribution in [0.4, 0.5) is 0 Å². The molecular weight excluding hydrogens is 276 g/mol. The predicted octanol–water partition coefficient (Wildman–Crippen LogP) is 5.14. The lowest BCUT2D eigenvalue weighted by atomic mass is 9.95. The van der Waals surface area contributed by atoms with Crippen LogP contribution in [0.1, 0.15) is 0 Å². The molecule has 0 saturated heterocycles. The predicted molar refractivity (Wildman–Crippen MR) is 94.2 cm³/mol. The van der Waals surface area contributed by atoms with Gasteiger partial charge in [-0.15, -0.1) is 0 Å². The molecule has 0 radical (unpaired) electrons. The minimum Gasteiger partial charge on any atom is -0.497 e. The molecule has 3 rings (SSSR count). The lowest BCUT2D eigenvalue weighted by molar-refractivity contribution is 0.415. The molecule has 0 aliphatic carbocycles. The maximum Gasteiger partial charge on any atom is 0.118 e. The van der Waals surface area contributed by atoms with Gasteiger partial charge in [0, 0.05) is 0 Å². The zero-order valence-corrected chi connectivity index (χ0v) is 12.9. The van der Waals surface area contributed by atoms with Crippen LogP contribution >= 0.6 is 13.5 Å². The van der Waals surface area contributed by atoms with Gasteiger partial charge < -0.3 is 4.74 Å². The van der Waals surface area contributed by atoms with Gasteiger partial charge in [0.05, 0.1) is 7.11 Å². The van der Waals surface area contributed by atoms with Gasteiger partial charge in [0.2, 0.25) is 0 Å². The molecule has 0 atom stereocenters. The van der Waals surface area contributed by atoms with Crippen molar-refractivity contribution in [3.05, 3.63) is 78.9 Å². The summed E-state index contributed by atoms with van der Waals surface area (Å²) >= 11 is 0. The van der Waals surface area contributed by atoms with Crippen molar-refractivity contribution in [3.63, 3.8) is 0 Å². The second-order valence-electron chi connectivity index (χ2n) is 4.64. The highest BCUT2D eigenvalue weighted by atomic mass is 32.1. The summed E-state index contributed by atoms with van der Waals surface area (Å²) in [4.78, 5) is 0. The Morgan fingerprint density at radius 3 is 1.57 bits per heavy atom. The molecule has 0 aliphatic heterocycles. The van der Waals surface area contributed by atoms with Gasteiger partial charge in [-0.05, 0) is 34.4 Å². The van der Waals surface area contributed by atoms with Crippen molar-refractivity contribution in [2.24, 2.45) is 0 Å². The van der Waals surface area contributed by atoms with E-state index in [0.717, 1.165) is 5.75 Å². The van der Waals surface area contributed by atoms with Crippen LogP contribution in [0, 0.1) is 0 Å². The lowest BCUT2D eigenvalue weighted by Crippen LogP contribution is -1.86. The molecule has 0 spiro atoms. The van der Waals surface area contributed by atoms with E-state index >= 15 is 0 Å². The summed E-state index contributed by atoms with van der Waals surface area (Å²) in [5, 5.41) is 0. The largest absolute Gasteiger partial charge is 0.497 e. The van der Waals surface area contributed by atoms with Crippen LogP contribution < -0.4 is 4.74 Å². The third-order valence-corrected chi connectivity index (χ3v) is 3.41. The van der Waals surface area contributed by atoms with Gasteiger partial charge in [-0.25, -0.2) is 0 Å². The molecule has 3 aromatic carbocycles. The molecule has 0 aromatic heterocycles. The maximum atomic E-state index is 5.22. The summed E-state index contributed by atoms with van der Waals surface area (Å²) in [7, 11) is 1.69. The highest BCUT2D eigenvalue weighted by molar-refractivity contribution is 7.59. The molecule has 1 nitrogen and oxygen atoms in total. The van der Waals surface area contributed by atoms with E-state index in [1.54, 1.807) is 7.11 Å². The quantitative estimate of drug-likeness (QED) is 0.649. The molecule has 2 heteroatoms. The molecule has 0 unspecified atom stereocenters. The van der Waals surface area contributed by atoms with Crippen LogP contribution in [-0.4, -0.2) is 7.11 Å². The summed E-state index contributed by atoms with van der Waals surface area (Å²) in [5.74, 6) is 0.881. The first kappa shape index (κ1) is 15.2. The Labute approximate surface area is 132 Å². The van der Waals surface area contributed by atoms with E-state index in [1.807, 2.05) is 18.2 Å². The fraction of sp³-hybridized carbons (Fsp3) is 0.0526. The van der Waals surface area contributed by atoms with Crippen LogP contribution in [-0.2, 0) is 0 Å². The Balaban J connectivity index is 0.00000161. The molecule has 0 amide bonds. The van der Waals surface area contributed by atoms with E-state index in [2.05, 4.69) is 60.7 Å². The van der Waals surface area contributed by atoms with Gasteiger partial charge in [-0.2, -0.15) is 13.5 Å². The van der Waals surface area contributed by atoms with Crippen molar-refractivity contribution >= 4 is 13.5 Å². The van der Waals surface area contributed by atoms with E-state index < -0.39 is 0 Å². The molecule has 0 saturated carbocycles. The molecule has 0 bridgehead atoms. The third-order valence-electron chi connectivity index (χ3n) is 3.41. The van der Waals surface area contributed by atoms with Crippen LogP contribution in [0.25, 0.3) is 22.3 Å². The van der Waals surface area contributed by atoms with Crippen molar-refractivity contribution in [2.45, 2.75) is 0 Å². The Bertz CT molecular complexity index is 690.